The third kappa shape index (κ3) is 4.27. The van der Waals surface area contributed by atoms with E-state index in [1.54, 1.807) is 10.8 Å². The maximum atomic E-state index is 13.7. The maximum Gasteiger partial charge on any atom is 0.573 e. The van der Waals surface area contributed by atoms with Crippen molar-refractivity contribution >= 4 is 10.9 Å². The van der Waals surface area contributed by atoms with E-state index < -0.39 is 17.6 Å². The largest absolute Gasteiger partial charge is 0.573 e. The van der Waals surface area contributed by atoms with Crippen LogP contribution in [0, 0.1) is 5.82 Å². The van der Waals surface area contributed by atoms with Gasteiger partial charge in [0, 0.05) is 23.7 Å². The lowest BCUT2D eigenvalue weighted by Crippen LogP contribution is -2.16. The van der Waals surface area contributed by atoms with Crippen molar-refractivity contribution in [1.82, 2.24) is 14.7 Å². The van der Waals surface area contributed by atoms with Crippen LogP contribution in [0.2, 0.25) is 0 Å². The van der Waals surface area contributed by atoms with Gasteiger partial charge in [0.05, 0.1) is 5.52 Å². The Morgan fingerprint density at radius 3 is 2.55 bits per heavy atom. The normalized spacial score (nSPS) is 11.8. The van der Waals surface area contributed by atoms with Gasteiger partial charge in [-0.2, -0.15) is 4.98 Å². The SMILES string of the molecule is CCCn1cc(-c2nc(-c3ccc(OC(F)(F)F)cc3)no2)c(=O)c2cc(F)ccc21. The number of ether oxygens (including phenoxy) is 1. The molecule has 0 unspecified atom stereocenters. The highest BCUT2D eigenvalue weighted by molar-refractivity contribution is 5.83. The lowest BCUT2D eigenvalue weighted by molar-refractivity contribution is -0.274. The highest BCUT2D eigenvalue weighted by Gasteiger charge is 2.31. The first-order valence-corrected chi connectivity index (χ1v) is 9.28. The van der Waals surface area contributed by atoms with Crippen molar-refractivity contribution in [2.75, 3.05) is 0 Å². The van der Waals surface area contributed by atoms with Gasteiger partial charge in [-0.15, -0.1) is 13.2 Å². The maximum absolute atomic E-state index is 13.7. The summed E-state index contributed by atoms with van der Waals surface area (Å²) in [5, 5.41) is 3.99. The Morgan fingerprint density at radius 2 is 1.87 bits per heavy atom. The Bertz CT molecular complexity index is 1290. The van der Waals surface area contributed by atoms with Gasteiger partial charge in [0.2, 0.25) is 11.3 Å². The van der Waals surface area contributed by atoms with E-state index >= 15 is 0 Å². The molecule has 0 bridgehead atoms. The third-order valence-electron chi connectivity index (χ3n) is 4.51. The Balaban J connectivity index is 1.73. The van der Waals surface area contributed by atoms with Gasteiger partial charge in [-0.1, -0.05) is 12.1 Å². The number of aryl methyl sites for hydroxylation is 1. The average Bonchev–Trinajstić information content (AvgIpc) is 3.19. The van der Waals surface area contributed by atoms with Gasteiger partial charge >= 0.3 is 6.36 Å². The lowest BCUT2D eigenvalue weighted by Gasteiger charge is -2.11. The molecule has 2 heterocycles. The summed E-state index contributed by atoms with van der Waals surface area (Å²) in [6.07, 6.45) is -2.45. The topological polar surface area (TPSA) is 70.2 Å². The molecule has 2 aromatic heterocycles. The zero-order chi connectivity index (χ0) is 22.2. The first-order chi connectivity index (χ1) is 14.7. The smallest absolute Gasteiger partial charge is 0.406 e. The monoisotopic (exact) mass is 433 g/mol. The number of rotatable bonds is 5. The van der Waals surface area contributed by atoms with Crippen molar-refractivity contribution < 1.29 is 26.8 Å². The fourth-order valence-electron chi connectivity index (χ4n) is 3.20. The molecule has 6 nitrogen and oxygen atoms in total. The molecule has 0 radical (unpaired) electrons. The van der Waals surface area contributed by atoms with Crippen LogP contribution in [0.1, 0.15) is 13.3 Å². The summed E-state index contributed by atoms with van der Waals surface area (Å²) in [5.41, 5.74) is 0.579. The van der Waals surface area contributed by atoms with E-state index in [1.807, 2.05) is 6.92 Å². The predicted molar refractivity (Wildman–Crippen MR) is 104 cm³/mol. The predicted octanol–water partition coefficient (Wildman–Crippen LogP) is 5.17. The molecule has 0 aliphatic heterocycles. The van der Waals surface area contributed by atoms with E-state index in [0.29, 0.717) is 17.6 Å². The number of alkyl halides is 3. The molecule has 31 heavy (non-hydrogen) atoms. The molecule has 4 aromatic rings. The Labute approximate surface area is 172 Å². The lowest BCUT2D eigenvalue weighted by atomic mass is 10.1. The summed E-state index contributed by atoms with van der Waals surface area (Å²) in [5.74, 6) is -0.933. The third-order valence-corrected chi connectivity index (χ3v) is 4.51. The standard InChI is InChI=1S/C21H15F4N3O3/c1-2-9-28-11-16(18(29)15-10-13(22)5-8-17(15)28)20-26-19(27-31-20)12-3-6-14(7-4-12)30-21(23,24)25/h3-8,10-11H,2,9H2,1H3. The summed E-state index contributed by atoms with van der Waals surface area (Å²) < 4.78 is 61.5. The van der Waals surface area contributed by atoms with E-state index in [-0.39, 0.29) is 28.4 Å². The van der Waals surface area contributed by atoms with Crippen molar-refractivity contribution in [1.29, 1.82) is 0 Å². The summed E-state index contributed by atoms with van der Waals surface area (Å²) >= 11 is 0. The number of fused-ring (bicyclic) bond motifs is 1. The van der Waals surface area contributed by atoms with Gasteiger partial charge < -0.3 is 13.8 Å². The van der Waals surface area contributed by atoms with Gasteiger partial charge in [-0.25, -0.2) is 4.39 Å². The molecule has 0 fully saturated rings. The van der Waals surface area contributed by atoms with Crippen LogP contribution in [0.3, 0.4) is 0 Å². The number of halogens is 4. The van der Waals surface area contributed by atoms with E-state index in [4.69, 9.17) is 4.52 Å². The van der Waals surface area contributed by atoms with Gasteiger partial charge in [0.1, 0.15) is 17.1 Å². The van der Waals surface area contributed by atoms with Crippen molar-refractivity contribution in [2.24, 2.45) is 0 Å². The van der Waals surface area contributed by atoms with E-state index in [9.17, 15) is 22.4 Å². The van der Waals surface area contributed by atoms with E-state index in [1.165, 1.54) is 24.3 Å². The van der Waals surface area contributed by atoms with Crippen LogP contribution in [0.5, 0.6) is 5.75 Å². The van der Waals surface area contributed by atoms with Crippen LogP contribution in [0.4, 0.5) is 17.6 Å². The molecule has 160 valence electrons. The molecule has 0 atom stereocenters. The van der Waals surface area contributed by atoms with E-state index in [2.05, 4.69) is 14.9 Å². The molecule has 0 amide bonds. The number of aromatic nitrogens is 3. The van der Waals surface area contributed by atoms with Crippen molar-refractivity contribution in [2.45, 2.75) is 26.3 Å². The molecule has 4 rings (SSSR count). The summed E-state index contributed by atoms with van der Waals surface area (Å²) in [7, 11) is 0. The number of nitrogens with zero attached hydrogens (tertiary/aromatic N) is 3. The van der Waals surface area contributed by atoms with Crippen molar-refractivity contribution in [3.8, 4) is 28.6 Å². The van der Waals surface area contributed by atoms with E-state index in [0.717, 1.165) is 24.6 Å². The van der Waals surface area contributed by atoms with Crippen LogP contribution >= 0.6 is 0 Å². The molecular formula is C21H15F4N3O3. The fraction of sp³-hybridized carbons (Fsp3) is 0.190. The summed E-state index contributed by atoms with van der Waals surface area (Å²) in [4.78, 5) is 17.1. The van der Waals surface area contributed by atoms with Crippen LogP contribution in [-0.2, 0) is 6.54 Å². The summed E-state index contributed by atoms with van der Waals surface area (Å²) in [6, 6.07) is 8.88. The first-order valence-electron chi connectivity index (χ1n) is 9.28. The number of hydrogen-bond acceptors (Lipinski definition) is 5. The molecule has 0 aliphatic carbocycles. The van der Waals surface area contributed by atoms with Gasteiger partial charge in [-0.05, 0) is 48.9 Å². The van der Waals surface area contributed by atoms with Crippen LogP contribution < -0.4 is 10.2 Å². The highest BCUT2D eigenvalue weighted by Crippen LogP contribution is 2.27. The Kier molecular flexibility index (Phi) is 5.22. The number of hydrogen-bond donors (Lipinski definition) is 0. The fourth-order valence-corrected chi connectivity index (χ4v) is 3.20. The second kappa shape index (κ2) is 7.86. The molecule has 0 saturated carbocycles. The minimum absolute atomic E-state index is 0.0772. The molecule has 0 aliphatic rings. The zero-order valence-electron chi connectivity index (χ0n) is 16.1. The second-order valence-corrected chi connectivity index (χ2v) is 6.72. The van der Waals surface area contributed by atoms with Gasteiger partial charge in [-0.3, -0.25) is 4.79 Å². The molecular weight excluding hydrogens is 418 g/mol. The minimum Gasteiger partial charge on any atom is -0.406 e. The molecule has 0 spiro atoms. The Hall–Kier alpha value is -3.69. The quantitative estimate of drug-likeness (QED) is 0.407. The number of pyridine rings is 1. The Morgan fingerprint density at radius 1 is 1.13 bits per heavy atom. The minimum atomic E-state index is -4.80. The zero-order valence-corrected chi connectivity index (χ0v) is 16.1. The van der Waals surface area contributed by atoms with Crippen LogP contribution in [0.15, 0.2) is 58.0 Å². The second-order valence-electron chi connectivity index (χ2n) is 6.72. The van der Waals surface area contributed by atoms with Crippen molar-refractivity contribution in [3.63, 3.8) is 0 Å². The molecule has 0 N–H and O–H groups in total. The molecule has 0 saturated heterocycles. The highest BCUT2D eigenvalue weighted by atomic mass is 19.4. The average molecular weight is 433 g/mol. The van der Waals surface area contributed by atoms with Gasteiger partial charge in [0.15, 0.2) is 0 Å². The van der Waals surface area contributed by atoms with Gasteiger partial charge in [0.25, 0.3) is 5.89 Å². The molecule has 2 aromatic carbocycles. The van der Waals surface area contributed by atoms with Crippen LogP contribution in [0.25, 0.3) is 33.7 Å². The van der Waals surface area contributed by atoms with Crippen molar-refractivity contribution in [3.05, 3.63) is 64.7 Å². The summed E-state index contributed by atoms with van der Waals surface area (Å²) in [6.45, 7) is 2.54. The number of benzene rings is 2. The first kappa shape index (κ1) is 20.6. The molecule has 10 heteroatoms. The van der Waals surface area contributed by atoms with Crippen LogP contribution in [-0.4, -0.2) is 21.1 Å².